The van der Waals surface area contributed by atoms with Gasteiger partial charge >= 0.3 is 0 Å². The number of para-hydroxylation sites is 1. The van der Waals surface area contributed by atoms with Crippen molar-refractivity contribution in [3.05, 3.63) is 81.8 Å². The normalized spacial score (nSPS) is 11.8. The number of nitrogens with zero attached hydrogens (tertiary/aromatic N) is 1. The van der Waals surface area contributed by atoms with Crippen LogP contribution in [0.4, 0.5) is 0 Å². The zero-order valence-electron chi connectivity index (χ0n) is 14.2. The van der Waals surface area contributed by atoms with Gasteiger partial charge in [0.25, 0.3) is 5.91 Å². The Morgan fingerprint density at radius 2 is 1.96 bits per heavy atom. The molecule has 0 saturated carbocycles. The lowest BCUT2D eigenvalue weighted by atomic mass is 10.1. The Morgan fingerprint density at radius 3 is 2.68 bits per heavy atom. The quantitative estimate of drug-likeness (QED) is 0.709. The van der Waals surface area contributed by atoms with Crippen molar-refractivity contribution < 1.29 is 9.53 Å². The third kappa shape index (κ3) is 4.45. The van der Waals surface area contributed by atoms with E-state index in [2.05, 4.69) is 10.3 Å². The fraction of sp³-hybridized carbons (Fsp3) is 0.200. The SMILES string of the molecule is Cc1ccc(C(C)NC(=O)c2ccccc2OCc2cscn2)cc1. The van der Waals surface area contributed by atoms with Gasteiger partial charge in [-0.1, -0.05) is 42.0 Å². The highest BCUT2D eigenvalue weighted by Crippen LogP contribution is 2.21. The molecule has 0 spiro atoms. The predicted octanol–water partition coefficient (Wildman–Crippen LogP) is 4.52. The molecule has 0 aliphatic heterocycles. The van der Waals surface area contributed by atoms with Gasteiger partial charge in [0.1, 0.15) is 12.4 Å². The van der Waals surface area contributed by atoms with E-state index in [1.165, 1.54) is 16.9 Å². The van der Waals surface area contributed by atoms with Gasteiger partial charge in [-0.25, -0.2) is 4.98 Å². The molecule has 0 bridgehead atoms. The lowest BCUT2D eigenvalue weighted by Crippen LogP contribution is -2.27. The smallest absolute Gasteiger partial charge is 0.255 e. The molecule has 1 amide bonds. The number of hydrogen-bond acceptors (Lipinski definition) is 4. The van der Waals surface area contributed by atoms with E-state index in [0.717, 1.165) is 11.3 Å². The lowest BCUT2D eigenvalue weighted by Gasteiger charge is -2.16. The number of hydrogen-bond donors (Lipinski definition) is 1. The van der Waals surface area contributed by atoms with E-state index >= 15 is 0 Å². The van der Waals surface area contributed by atoms with Crippen molar-refractivity contribution in [3.63, 3.8) is 0 Å². The van der Waals surface area contributed by atoms with Crippen LogP contribution in [0.2, 0.25) is 0 Å². The Morgan fingerprint density at radius 1 is 1.20 bits per heavy atom. The van der Waals surface area contributed by atoms with Crippen molar-refractivity contribution in [1.29, 1.82) is 0 Å². The Bertz CT molecular complexity index is 829. The van der Waals surface area contributed by atoms with Crippen molar-refractivity contribution in [3.8, 4) is 5.75 Å². The van der Waals surface area contributed by atoms with Crippen molar-refractivity contribution in [1.82, 2.24) is 10.3 Å². The summed E-state index contributed by atoms with van der Waals surface area (Å²) in [6, 6.07) is 15.3. The van der Waals surface area contributed by atoms with Crippen LogP contribution in [0.15, 0.2) is 59.4 Å². The molecular weight excluding hydrogens is 332 g/mol. The maximum atomic E-state index is 12.7. The van der Waals surface area contributed by atoms with E-state index < -0.39 is 0 Å². The summed E-state index contributed by atoms with van der Waals surface area (Å²) < 4.78 is 5.79. The van der Waals surface area contributed by atoms with E-state index in [4.69, 9.17) is 4.74 Å². The maximum absolute atomic E-state index is 12.7. The largest absolute Gasteiger partial charge is 0.486 e. The lowest BCUT2D eigenvalue weighted by molar-refractivity contribution is 0.0935. The molecule has 0 fully saturated rings. The summed E-state index contributed by atoms with van der Waals surface area (Å²) in [5.74, 6) is 0.408. The summed E-state index contributed by atoms with van der Waals surface area (Å²) in [7, 11) is 0. The summed E-state index contributed by atoms with van der Waals surface area (Å²) in [4.78, 5) is 16.9. The number of rotatable bonds is 6. The molecule has 3 aromatic rings. The van der Waals surface area contributed by atoms with E-state index in [9.17, 15) is 4.79 Å². The molecule has 0 aliphatic carbocycles. The molecule has 1 unspecified atom stereocenters. The molecule has 1 aromatic heterocycles. The monoisotopic (exact) mass is 352 g/mol. The van der Waals surface area contributed by atoms with Crippen LogP contribution in [0.3, 0.4) is 0 Å². The van der Waals surface area contributed by atoms with Crippen LogP contribution in [0.25, 0.3) is 0 Å². The molecular formula is C20H20N2O2S. The molecule has 4 nitrogen and oxygen atoms in total. The van der Waals surface area contributed by atoms with Crippen LogP contribution in [-0.4, -0.2) is 10.9 Å². The topological polar surface area (TPSA) is 51.2 Å². The second-order valence-corrected chi connectivity index (χ2v) is 6.59. The molecule has 128 valence electrons. The van der Waals surface area contributed by atoms with Crippen LogP contribution in [-0.2, 0) is 6.61 Å². The predicted molar refractivity (Wildman–Crippen MR) is 99.9 cm³/mol. The Labute approximate surface area is 151 Å². The van der Waals surface area contributed by atoms with Crippen LogP contribution < -0.4 is 10.1 Å². The Kier molecular flexibility index (Phi) is 5.46. The van der Waals surface area contributed by atoms with Crippen molar-refractivity contribution in [2.75, 3.05) is 0 Å². The molecule has 2 aromatic carbocycles. The first-order valence-electron chi connectivity index (χ1n) is 8.10. The van der Waals surface area contributed by atoms with Gasteiger partial charge in [-0.3, -0.25) is 4.79 Å². The summed E-state index contributed by atoms with van der Waals surface area (Å²) in [5.41, 5.74) is 5.41. The number of ether oxygens (including phenoxy) is 1. The first-order chi connectivity index (χ1) is 12.1. The van der Waals surface area contributed by atoms with Gasteiger partial charge in [0, 0.05) is 5.38 Å². The Hall–Kier alpha value is -2.66. The highest BCUT2D eigenvalue weighted by atomic mass is 32.1. The van der Waals surface area contributed by atoms with Crippen LogP contribution in [0.5, 0.6) is 5.75 Å². The van der Waals surface area contributed by atoms with Crippen LogP contribution in [0, 0.1) is 6.92 Å². The van der Waals surface area contributed by atoms with Crippen molar-refractivity contribution >= 4 is 17.2 Å². The molecule has 5 heteroatoms. The van der Waals surface area contributed by atoms with Gasteiger partial charge in [-0.05, 0) is 31.5 Å². The number of benzene rings is 2. The number of aromatic nitrogens is 1. The van der Waals surface area contributed by atoms with Gasteiger partial charge in [0.05, 0.1) is 22.8 Å². The summed E-state index contributed by atoms with van der Waals surface area (Å²) in [6.45, 7) is 4.37. The zero-order chi connectivity index (χ0) is 17.6. The van der Waals surface area contributed by atoms with E-state index in [1.54, 1.807) is 17.6 Å². The number of carbonyl (C=O) groups excluding carboxylic acids is 1. The third-order valence-corrected chi connectivity index (χ3v) is 4.55. The molecule has 25 heavy (non-hydrogen) atoms. The van der Waals surface area contributed by atoms with Gasteiger partial charge in [0.2, 0.25) is 0 Å². The average Bonchev–Trinajstić information content (AvgIpc) is 3.14. The Balaban J connectivity index is 1.70. The third-order valence-electron chi connectivity index (χ3n) is 3.92. The second-order valence-electron chi connectivity index (χ2n) is 5.87. The maximum Gasteiger partial charge on any atom is 0.255 e. The van der Waals surface area contributed by atoms with Crippen molar-refractivity contribution in [2.45, 2.75) is 26.5 Å². The van der Waals surface area contributed by atoms with Gasteiger partial charge in [-0.2, -0.15) is 0 Å². The minimum absolute atomic E-state index is 0.0836. The molecule has 0 radical (unpaired) electrons. The highest BCUT2D eigenvalue weighted by molar-refractivity contribution is 7.07. The number of thiazole rings is 1. The van der Waals surface area contributed by atoms with Crippen LogP contribution in [0.1, 0.15) is 40.1 Å². The second kappa shape index (κ2) is 7.94. The number of aryl methyl sites for hydroxylation is 1. The van der Waals surface area contributed by atoms with E-state index in [0.29, 0.717) is 17.9 Å². The van der Waals surface area contributed by atoms with Gasteiger partial charge in [-0.15, -0.1) is 11.3 Å². The molecule has 1 atom stereocenters. The molecule has 0 aliphatic rings. The number of carbonyl (C=O) groups is 1. The number of nitrogens with one attached hydrogen (secondary N) is 1. The number of amides is 1. The minimum Gasteiger partial charge on any atom is -0.486 e. The summed E-state index contributed by atoms with van der Waals surface area (Å²) >= 11 is 1.52. The fourth-order valence-electron chi connectivity index (χ4n) is 2.45. The summed E-state index contributed by atoms with van der Waals surface area (Å²) in [5, 5.41) is 4.97. The van der Waals surface area contributed by atoms with E-state index in [-0.39, 0.29) is 11.9 Å². The average molecular weight is 352 g/mol. The summed E-state index contributed by atoms with van der Waals surface area (Å²) in [6.07, 6.45) is 0. The molecule has 1 heterocycles. The van der Waals surface area contributed by atoms with Crippen molar-refractivity contribution in [2.24, 2.45) is 0 Å². The molecule has 3 rings (SSSR count). The molecule has 0 saturated heterocycles. The van der Waals surface area contributed by atoms with Gasteiger partial charge in [0.15, 0.2) is 0 Å². The highest BCUT2D eigenvalue weighted by Gasteiger charge is 2.15. The van der Waals surface area contributed by atoms with Gasteiger partial charge < -0.3 is 10.1 Å². The first-order valence-corrected chi connectivity index (χ1v) is 9.04. The zero-order valence-corrected chi connectivity index (χ0v) is 15.0. The minimum atomic E-state index is -0.151. The first kappa shape index (κ1) is 17.2. The standard InChI is InChI=1S/C20H20N2O2S/c1-14-7-9-16(10-8-14)15(2)22-20(23)18-5-3-4-6-19(18)24-11-17-12-25-13-21-17/h3-10,12-13,15H,11H2,1-2H3,(H,22,23). The van der Waals surface area contributed by atoms with E-state index in [1.807, 2.05) is 55.6 Å². The van der Waals surface area contributed by atoms with Crippen LogP contribution >= 0.6 is 11.3 Å². The molecule has 1 N–H and O–H groups in total. The fourth-order valence-corrected chi connectivity index (χ4v) is 3.00.